The minimum atomic E-state index is -1.55. The number of hydrogen-bond acceptors (Lipinski definition) is 8. The van der Waals surface area contributed by atoms with Crippen molar-refractivity contribution in [2.24, 2.45) is 0 Å². The summed E-state index contributed by atoms with van der Waals surface area (Å²) in [5.74, 6) is -0.153. The van der Waals surface area contributed by atoms with E-state index in [0.29, 0.717) is 12.8 Å². The summed E-state index contributed by atoms with van der Waals surface area (Å²) in [6.45, 7) is -0.531. The topological polar surface area (TPSA) is 140 Å². The number of aryl methyl sites for hydroxylation is 1. The molecule has 1 aliphatic rings. The highest BCUT2D eigenvalue weighted by atomic mass is 16.7. The first kappa shape index (κ1) is 17.9. The molecule has 0 bridgehead atoms. The SMILES string of the molecule is OCCCc1ccc(O)c(OC2OC(CO)C(O)C(O)C2O)c1. The van der Waals surface area contributed by atoms with E-state index in [1.807, 2.05) is 0 Å². The number of benzene rings is 1. The largest absolute Gasteiger partial charge is 0.504 e. The van der Waals surface area contributed by atoms with Gasteiger partial charge in [0, 0.05) is 6.61 Å². The third kappa shape index (κ3) is 4.11. The van der Waals surface area contributed by atoms with Crippen LogP contribution in [-0.4, -0.2) is 74.6 Å². The zero-order valence-electron chi connectivity index (χ0n) is 12.4. The van der Waals surface area contributed by atoms with Crippen molar-refractivity contribution in [3.63, 3.8) is 0 Å². The average Bonchev–Trinajstić information content (AvgIpc) is 2.55. The van der Waals surface area contributed by atoms with E-state index >= 15 is 0 Å². The Hall–Kier alpha value is -1.42. The Morgan fingerprint density at radius 1 is 1.04 bits per heavy atom. The van der Waals surface area contributed by atoms with Crippen LogP contribution in [0, 0.1) is 0 Å². The Bertz CT molecular complexity index is 506. The van der Waals surface area contributed by atoms with Gasteiger partial charge in [-0.2, -0.15) is 0 Å². The van der Waals surface area contributed by atoms with Crippen molar-refractivity contribution in [3.05, 3.63) is 23.8 Å². The van der Waals surface area contributed by atoms with Crippen LogP contribution in [0.15, 0.2) is 18.2 Å². The van der Waals surface area contributed by atoms with E-state index < -0.39 is 37.3 Å². The summed E-state index contributed by atoms with van der Waals surface area (Å²) in [5, 5.41) is 57.2. The van der Waals surface area contributed by atoms with Crippen molar-refractivity contribution in [3.8, 4) is 11.5 Å². The predicted octanol–water partition coefficient (Wildman–Crippen LogP) is -1.50. The molecular weight excluding hydrogens is 308 g/mol. The molecule has 130 valence electrons. The van der Waals surface area contributed by atoms with Gasteiger partial charge in [-0.1, -0.05) is 6.07 Å². The minimum Gasteiger partial charge on any atom is -0.504 e. The molecule has 0 aliphatic carbocycles. The van der Waals surface area contributed by atoms with E-state index in [-0.39, 0.29) is 18.1 Å². The van der Waals surface area contributed by atoms with Crippen LogP contribution in [0.5, 0.6) is 11.5 Å². The van der Waals surface area contributed by atoms with E-state index in [2.05, 4.69) is 0 Å². The molecule has 2 rings (SSSR count). The summed E-state index contributed by atoms with van der Waals surface area (Å²) in [6.07, 6.45) is -5.90. The number of phenolic OH excluding ortho intramolecular Hbond substituents is 1. The third-order valence-corrected chi connectivity index (χ3v) is 3.74. The highest BCUT2D eigenvalue weighted by Crippen LogP contribution is 2.31. The molecule has 1 aromatic rings. The molecule has 5 unspecified atom stereocenters. The van der Waals surface area contributed by atoms with Crippen LogP contribution in [0.4, 0.5) is 0 Å². The number of ether oxygens (including phenoxy) is 2. The zero-order valence-corrected chi connectivity index (χ0v) is 12.4. The quantitative estimate of drug-likeness (QED) is 0.370. The Labute approximate surface area is 133 Å². The number of aliphatic hydroxyl groups is 5. The molecular formula is C15H22O8. The molecule has 8 nitrogen and oxygen atoms in total. The fourth-order valence-electron chi connectivity index (χ4n) is 2.38. The fourth-order valence-corrected chi connectivity index (χ4v) is 2.38. The second kappa shape index (κ2) is 7.91. The maximum atomic E-state index is 9.93. The summed E-state index contributed by atoms with van der Waals surface area (Å²) in [7, 11) is 0. The van der Waals surface area contributed by atoms with Crippen molar-refractivity contribution in [1.29, 1.82) is 0 Å². The molecule has 8 heteroatoms. The Morgan fingerprint density at radius 2 is 1.78 bits per heavy atom. The van der Waals surface area contributed by atoms with Gasteiger partial charge in [-0.05, 0) is 30.5 Å². The molecule has 1 fully saturated rings. The number of hydrogen-bond donors (Lipinski definition) is 6. The molecule has 0 aromatic heterocycles. The van der Waals surface area contributed by atoms with Gasteiger partial charge in [0.25, 0.3) is 0 Å². The molecule has 6 N–H and O–H groups in total. The summed E-state index contributed by atoms with van der Waals surface area (Å²) in [6, 6.07) is 4.61. The predicted molar refractivity (Wildman–Crippen MR) is 77.9 cm³/mol. The van der Waals surface area contributed by atoms with Crippen LogP contribution in [0.1, 0.15) is 12.0 Å². The van der Waals surface area contributed by atoms with Gasteiger partial charge in [0.1, 0.15) is 24.4 Å². The lowest BCUT2D eigenvalue weighted by molar-refractivity contribution is -0.277. The molecule has 0 radical (unpaired) electrons. The second-order valence-electron chi connectivity index (χ2n) is 5.44. The van der Waals surface area contributed by atoms with Gasteiger partial charge >= 0.3 is 0 Å². The maximum Gasteiger partial charge on any atom is 0.229 e. The molecule has 0 spiro atoms. The highest BCUT2D eigenvalue weighted by Gasteiger charge is 2.44. The number of aromatic hydroxyl groups is 1. The monoisotopic (exact) mass is 330 g/mol. The molecule has 1 heterocycles. The van der Waals surface area contributed by atoms with Crippen molar-refractivity contribution in [2.45, 2.75) is 43.5 Å². The normalized spacial score (nSPS) is 31.1. The van der Waals surface area contributed by atoms with Gasteiger partial charge in [0.2, 0.25) is 6.29 Å². The van der Waals surface area contributed by atoms with E-state index in [4.69, 9.17) is 19.7 Å². The van der Waals surface area contributed by atoms with Crippen LogP contribution in [0.25, 0.3) is 0 Å². The molecule has 0 saturated carbocycles. The van der Waals surface area contributed by atoms with Gasteiger partial charge in [-0.25, -0.2) is 0 Å². The number of rotatable bonds is 6. The maximum absolute atomic E-state index is 9.93. The lowest BCUT2D eigenvalue weighted by Crippen LogP contribution is -2.60. The molecule has 1 saturated heterocycles. The van der Waals surface area contributed by atoms with Crippen molar-refractivity contribution in [2.75, 3.05) is 13.2 Å². The van der Waals surface area contributed by atoms with Crippen LogP contribution < -0.4 is 4.74 Å². The molecule has 0 amide bonds. The van der Waals surface area contributed by atoms with Crippen molar-refractivity contribution >= 4 is 0 Å². The van der Waals surface area contributed by atoms with Crippen LogP contribution in [0.2, 0.25) is 0 Å². The van der Waals surface area contributed by atoms with Crippen molar-refractivity contribution in [1.82, 2.24) is 0 Å². The summed E-state index contributed by atoms with van der Waals surface area (Å²) >= 11 is 0. The number of aliphatic hydroxyl groups excluding tert-OH is 5. The average molecular weight is 330 g/mol. The van der Waals surface area contributed by atoms with E-state index in [1.165, 1.54) is 12.1 Å². The zero-order chi connectivity index (χ0) is 17.0. The second-order valence-corrected chi connectivity index (χ2v) is 5.44. The van der Waals surface area contributed by atoms with Crippen LogP contribution in [-0.2, 0) is 11.2 Å². The van der Waals surface area contributed by atoms with Gasteiger partial charge in [-0.3, -0.25) is 0 Å². The van der Waals surface area contributed by atoms with Crippen molar-refractivity contribution < 1.29 is 40.1 Å². The Balaban J connectivity index is 2.13. The third-order valence-electron chi connectivity index (χ3n) is 3.74. The number of phenols is 1. The lowest BCUT2D eigenvalue weighted by atomic mass is 9.99. The van der Waals surface area contributed by atoms with Gasteiger partial charge in [0.15, 0.2) is 11.5 Å². The minimum absolute atomic E-state index is 0.0315. The summed E-state index contributed by atoms with van der Waals surface area (Å²) in [4.78, 5) is 0. The van der Waals surface area contributed by atoms with E-state index in [9.17, 15) is 20.4 Å². The summed E-state index contributed by atoms with van der Waals surface area (Å²) < 4.78 is 10.6. The molecule has 5 atom stereocenters. The highest BCUT2D eigenvalue weighted by molar-refractivity contribution is 5.42. The first-order valence-corrected chi connectivity index (χ1v) is 7.38. The first-order chi connectivity index (χ1) is 11.0. The molecule has 1 aromatic carbocycles. The first-order valence-electron chi connectivity index (χ1n) is 7.38. The van der Waals surface area contributed by atoms with Crippen LogP contribution >= 0.6 is 0 Å². The Morgan fingerprint density at radius 3 is 2.43 bits per heavy atom. The fraction of sp³-hybridized carbons (Fsp3) is 0.600. The molecule has 23 heavy (non-hydrogen) atoms. The lowest BCUT2D eigenvalue weighted by Gasteiger charge is -2.39. The summed E-state index contributed by atoms with van der Waals surface area (Å²) in [5.41, 5.74) is 0.802. The molecule has 1 aliphatic heterocycles. The van der Waals surface area contributed by atoms with Gasteiger partial charge < -0.3 is 40.1 Å². The van der Waals surface area contributed by atoms with Gasteiger partial charge in [-0.15, -0.1) is 0 Å². The van der Waals surface area contributed by atoms with Crippen LogP contribution in [0.3, 0.4) is 0 Å². The smallest absolute Gasteiger partial charge is 0.229 e. The standard InChI is InChI=1S/C15H22O8/c16-5-1-2-8-3-4-9(18)10(6-8)22-15-14(21)13(20)12(19)11(7-17)23-15/h3-4,6,11-21H,1-2,5,7H2. The van der Waals surface area contributed by atoms with E-state index in [1.54, 1.807) is 6.07 Å². The Kier molecular flexibility index (Phi) is 6.17. The van der Waals surface area contributed by atoms with E-state index in [0.717, 1.165) is 5.56 Å². The van der Waals surface area contributed by atoms with Gasteiger partial charge in [0.05, 0.1) is 6.61 Å².